The molecule has 1 amide bonds. The number of carbonyl (C=O) groups is 1. The summed E-state index contributed by atoms with van der Waals surface area (Å²) < 4.78 is 7.25. The summed E-state index contributed by atoms with van der Waals surface area (Å²) >= 11 is 1.58. The highest BCUT2D eigenvalue weighted by Gasteiger charge is 2.37. The normalized spacial score (nSPS) is 15.5. The number of H-pyrrole nitrogens is 1. The van der Waals surface area contributed by atoms with Crippen LogP contribution in [0.3, 0.4) is 0 Å². The molecule has 0 unspecified atom stereocenters. The largest absolute Gasteiger partial charge is 0.449 e. The Morgan fingerprint density at radius 1 is 1.35 bits per heavy atom. The molecule has 0 aliphatic carbocycles. The molecular formula is C21H25N7O2S+. The maximum atomic E-state index is 11.8. The van der Waals surface area contributed by atoms with Crippen LogP contribution in [-0.4, -0.2) is 39.6 Å². The molecule has 161 valence electrons. The molecule has 0 fully saturated rings. The molecule has 0 spiro atoms. The minimum Gasteiger partial charge on any atom is -0.449 e. The van der Waals surface area contributed by atoms with Crippen molar-refractivity contribution in [2.24, 2.45) is 10.9 Å². The third-order valence-corrected chi connectivity index (χ3v) is 5.33. The molecule has 31 heavy (non-hydrogen) atoms. The van der Waals surface area contributed by atoms with E-state index in [0.29, 0.717) is 24.8 Å². The number of hydrogen-bond donors (Lipinski definition) is 3. The first-order chi connectivity index (χ1) is 15.0. The van der Waals surface area contributed by atoms with Crippen molar-refractivity contribution in [1.29, 1.82) is 0 Å². The van der Waals surface area contributed by atoms with E-state index in [1.54, 1.807) is 18.1 Å². The van der Waals surface area contributed by atoms with E-state index in [4.69, 9.17) is 4.74 Å². The van der Waals surface area contributed by atoms with Gasteiger partial charge in [0, 0.05) is 22.3 Å². The molecule has 0 bridgehead atoms. The van der Waals surface area contributed by atoms with Crippen LogP contribution in [0.4, 0.5) is 16.3 Å². The van der Waals surface area contributed by atoms with Crippen LogP contribution in [0, 0.1) is 12.8 Å². The summed E-state index contributed by atoms with van der Waals surface area (Å²) in [6, 6.07) is 9.59. The van der Waals surface area contributed by atoms with Crippen molar-refractivity contribution >= 4 is 35.4 Å². The smallest absolute Gasteiger partial charge is 0.411 e. The van der Waals surface area contributed by atoms with Gasteiger partial charge in [0.25, 0.3) is 11.7 Å². The number of benzene rings is 1. The molecular weight excluding hydrogens is 414 g/mol. The number of aromatic nitrogens is 2. The standard InChI is InChI=1S/C21H25N7O2S/c1-14(2)13-30-21(29)23-16-4-6-17(7-5-16)31-27-11-19-22-8-9-28(19)20(12-27)24-18-10-15(3)25-26-18/h4-10,12,14H,11,13H2,1-3H3,(H,23,29)(H2,24,25,26)/q+1. The van der Waals surface area contributed by atoms with Crippen LogP contribution < -0.4 is 15.5 Å². The summed E-state index contributed by atoms with van der Waals surface area (Å²) in [5, 5.41) is 13.3. The quantitative estimate of drug-likeness (QED) is 0.442. The summed E-state index contributed by atoms with van der Waals surface area (Å²) in [5.41, 5.74) is 1.68. The van der Waals surface area contributed by atoms with E-state index in [2.05, 4.69) is 30.1 Å². The predicted octanol–water partition coefficient (Wildman–Crippen LogP) is 4.18. The van der Waals surface area contributed by atoms with Gasteiger partial charge in [-0.05, 0) is 54.0 Å². The molecule has 9 nitrogen and oxygen atoms in total. The fourth-order valence-electron chi connectivity index (χ4n) is 2.95. The molecule has 10 heteroatoms. The lowest BCUT2D eigenvalue weighted by atomic mass is 10.2. The minimum absolute atomic E-state index is 0.300. The van der Waals surface area contributed by atoms with Crippen molar-refractivity contribution in [3.8, 4) is 0 Å². The highest BCUT2D eigenvalue weighted by atomic mass is 32.2. The first-order valence-corrected chi connectivity index (χ1v) is 10.8. The molecule has 3 heterocycles. The van der Waals surface area contributed by atoms with E-state index in [9.17, 15) is 4.79 Å². The number of aryl methyl sites for hydroxylation is 1. The van der Waals surface area contributed by atoms with Crippen LogP contribution in [0.5, 0.6) is 0 Å². The van der Waals surface area contributed by atoms with Gasteiger partial charge < -0.3 is 4.74 Å². The summed E-state index contributed by atoms with van der Waals surface area (Å²) in [6.45, 7) is 7.00. The van der Waals surface area contributed by atoms with Crippen molar-refractivity contribution in [2.75, 3.05) is 23.8 Å². The number of amidine groups is 1. The second-order valence-corrected chi connectivity index (χ2v) is 8.72. The van der Waals surface area contributed by atoms with Crippen LogP contribution in [0.25, 0.3) is 0 Å². The molecule has 0 atom stereocenters. The Labute approximate surface area is 185 Å². The van der Waals surface area contributed by atoms with Crippen LogP contribution in [-0.2, 0) is 4.74 Å². The fourth-order valence-corrected chi connectivity index (χ4v) is 3.81. The average Bonchev–Trinajstić information content (AvgIpc) is 3.37. The van der Waals surface area contributed by atoms with Gasteiger partial charge >= 0.3 is 6.09 Å². The third kappa shape index (κ3) is 5.47. The number of rotatable bonds is 7. The Bertz CT molecular complexity index is 1030. The van der Waals surface area contributed by atoms with Gasteiger partial charge in [0.2, 0.25) is 0 Å². The van der Waals surface area contributed by atoms with E-state index >= 15 is 0 Å². The zero-order chi connectivity index (χ0) is 21.8. The predicted molar refractivity (Wildman–Crippen MR) is 123 cm³/mol. The van der Waals surface area contributed by atoms with Gasteiger partial charge in [-0.3, -0.25) is 20.0 Å². The third-order valence-electron chi connectivity index (χ3n) is 4.37. The lowest BCUT2D eigenvalue weighted by molar-refractivity contribution is 0.147. The topological polar surface area (TPSA) is 101 Å². The van der Waals surface area contributed by atoms with Gasteiger partial charge in [-0.15, -0.1) is 0 Å². The second-order valence-electron chi connectivity index (χ2n) is 7.60. The van der Waals surface area contributed by atoms with Crippen LogP contribution in [0.2, 0.25) is 0 Å². The van der Waals surface area contributed by atoms with Crippen LogP contribution in [0.15, 0.2) is 64.6 Å². The molecule has 1 radical (unpaired) electrons. The molecule has 1 aromatic carbocycles. The van der Waals surface area contributed by atoms with E-state index in [1.807, 2.05) is 68.4 Å². The first kappa shape index (κ1) is 21.0. The summed E-state index contributed by atoms with van der Waals surface area (Å²) in [5.74, 6) is 2.84. The first-order valence-electron chi connectivity index (χ1n) is 9.98. The number of carbonyl (C=O) groups excluding carboxylic acids is 1. The van der Waals surface area contributed by atoms with Gasteiger partial charge in [-0.1, -0.05) is 13.8 Å². The Morgan fingerprint density at radius 2 is 2.16 bits per heavy atom. The monoisotopic (exact) mass is 439 g/mol. The van der Waals surface area contributed by atoms with Gasteiger partial charge in [0.15, 0.2) is 12.0 Å². The molecule has 3 N–H and O–H groups in total. The molecule has 2 aliphatic rings. The van der Waals surface area contributed by atoms with E-state index < -0.39 is 6.09 Å². The van der Waals surface area contributed by atoms with Gasteiger partial charge in [0.1, 0.15) is 6.54 Å². The highest BCUT2D eigenvalue weighted by molar-refractivity contribution is 7.97. The number of nitrogens with zero attached hydrogens (tertiary/aromatic N) is 4. The maximum Gasteiger partial charge on any atom is 0.411 e. The Balaban J connectivity index is 1.40. The number of ether oxygens (including phenoxy) is 1. The minimum atomic E-state index is -0.441. The van der Waals surface area contributed by atoms with E-state index in [1.165, 1.54) is 0 Å². The van der Waals surface area contributed by atoms with Gasteiger partial charge in [-0.25, -0.2) is 4.79 Å². The average molecular weight is 440 g/mol. The van der Waals surface area contributed by atoms with Crippen molar-refractivity contribution in [2.45, 2.75) is 25.7 Å². The second kappa shape index (κ2) is 9.27. The number of aromatic amines is 1. The van der Waals surface area contributed by atoms with Gasteiger partial charge in [0.05, 0.1) is 19.0 Å². The number of anilines is 2. The SMILES string of the molecule is Cc1cc(NC2=CN(Sc3ccc(NC(=O)OCC(C)C)cc3)CC3=NC=C[N+]23)n[nH]1. The van der Waals surface area contributed by atoms with Crippen molar-refractivity contribution in [3.63, 3.8) is 0 Å². The molecule has 1 aromatic heterocycles. The van der Waals surface area contributed by atoms with Crippen LogP contribution >= 0.6 is 11.9 Å². The van der Waals surface area contributed by atoms with Gasteiger partial charge in [-0.2, -0.15) is 10.1 Å². The van der Waals surface area contributed by atoms with Crippen molar-refractivity contribution in [1.82, 2.24) is 19.4 Å². The van der Waals surface area contributed by atoms with Crippen molar-refractivity contribution in [3.05, 3.63) is 60.4 Å². The molecule has 2 aromatic rings. The van der Waals surface area contributed by atoms with E-state index in [0.717, 1.165) is 28.1 Å². The lowest BCUT2D eigenvalue weighted by Gasteiger charge is -2.24. The highest BCUT2D eigenvalue weighted by Crippen LogP contribution is 2.29. The summed E-state index contributed by atoms with van der Waals surface area (Å²) in [7, 11) is 0. The zero-order valence-electron chi connectivity index (χ0n) is 17.6. The Morgan fingerprint density at radius 3 is 2.87 bits per heavy atom. The van der Waals surface area contributed by atoms with E-state index in [-0.39, 0.29) is 0 Å². The molecule has 4 rings (SSSR count). The Hall–Kier alpha value is -3.24. The lowest BCUT2D eigenvalue weighted by Crippen LogP contribution is -2.42. The summed E-state index contributed by atoms with van der Waals surface area (Å²) in [6.07, 6.45) is 5.30. The number of aliphatic imine (C=N–C) groups is 1. The number of hydrogen-bond acceptors (Lipinski definition) is 8. The number of fused-ring (bicyclic) bond motifs is 1. The van der Waals surface area contributed by atoms with Crippen LogP contribution in [0.1, 0.15) is 19.5 Å². The summed E-state index contributed by atoms with van der Waals surface area (Å²) in [4.78, 5) is 19.3. The molecule has 2 aliphatic heterocycles. The fraction of sp³-hybridized carbons (Fsp3) is 0.286. The zero-order valence-corrected chi connectivity index (χ0v) is 18.4. The number of nitrogens with one attached hydrogen (secondary N) is 3. The maximum absolute atomic E-state index is 11.8. The molecule has 0 saturated carbocycles. The Kier molecular flexibility index (Phi) is 6.28. The molecule has 0 saturated heterocycles. The van der Waals surface area contributed by atoms with Crippen molar-refractivity contribution < 1.29 is 9.53 Å². The number of amides is 1.